The van der Waals surface area contributed by atoms with Crippen molar-refractivity contribution in [3.8, 4) is 0 Å². The molecule has 5 nitrogen and oxygen atoms in total. The minimum atomic E-state index is 0.708. The maximum Gasteiger partial charge on any atom is 0.251 e. The highest BCUT2D eigenvalue weighted by Gasteiger charge is 2.22. The first-order valence-corrected chi connectivity index (χ1v) is 8.13. The Kier molecular flexibility index (Phi) is 4.51. The Morgan fingerprint density at radius 3 is 2.68 bits per heavy atom. The van der Waals surface area contributed by atoms with Crippen LogP contribution in [0.5, 0.6) is 0 Å². The van der Waals surface area contributed by atoms with Gasteiger partial charge in [0.1, 0.15) is 0 Å². The summed E-state index contributed by atoms with van der Waals surface area (Å²) in [7, 11) is 0. The van der Waals surface area contributed by atoms with Gasteiger partial charge >= 0.3 is 0 Å². The van der Waals surface area contributed by atoms with Crippen LogP contribution in [0, 0.1) is 0 Å². The lowest BCUT2D eigenvalue weighted by Gasteiger charge is -2.23. The van der Waals surface area contributed by atoms with Crippen LogP contribution in [0.15, 0.2) is 30.5 Å². The monoisotopic (exact) mass is 297 g/mol. The predicted octanol–water partition coefficient (Wildman–Crippen LogP) is 3.19. The topological polar surface area (TPSA) is 45.2 Å². The van der Waals surface area contributed by atoms with Gasteiger partial charge in [-0.1, -0.05) is 32.0 Å². The molecule has 0 atom stereocenters. The Labute approximate surface area is 132 Å². The Morgan fingerprint density at radius 2 is 1.91 bits per heavy atom. The molecule has 0 amide bonds. The Balaban J connectivity index is 1.88. The third-order valence-electron chi connectivity index (χ3n) is 3.97. The fourth-order valence-electron chi connectivity index (χ4n) is 2.98. The molecule has 1 aliphatic heterocycles. The third-order valence-corrected chi connectivity index (χ3v) is 3.97. The second kappa shape index (κ2) is 6.73. The van der Waals surface area contributed by atoms with Crippen LogP contribution in [0.1, 0.15) is 32.3 Å². The van der Waals surface area contributed by atoms with Crippen LogP contribution in [0.4, 0.5) is 17.5 Å². The largest absolute Gasteiger partial charge is 0.355 e. The number of fused-ring (bicyclic) bond motifs is 1. The lowest BCUT2D eigenvalue weighted by atomic mass is 10.2. The van der Waals surface area contributed by atoms with Crippen molar-refractivity contribution in [2.45, 2.75) is 33.1 Å². The molecule has 1 aromatic carbocycles. The molecule has 0 bridgehead atoms. The minimum absolute atomic E-state index is 0.708. The van der Waals surface area contributed by atoms with Gasteiger partial charge in [-0.25, -0.2) is 0 Å². The van der Waals surface area contributed by atoms with Crippen molar-refractivity contribution in [2.24, 2.45) is 0 Å². The zero-order valence-electron chi connectivity index (χ0n) is 13.4. The quantitative estimate of drug-likeness (QED) is 0.819. The predicted molar refractivity (Wildman–Crippen MR) is 89.8 cm³/mol. The summed E-state index contributed by atoms with van der Waals surface area (Å²) in [6.07, 6.45) is 5.02. The van der Waals surface area contributed by atoms with Gasteiger partial charge in [-0.05, 0) is 30.9 Å². The van der Waals surface area contributed by atoms with E-state index in [1.54, 1.807) is 6.20 Å². The Hall–Kier alpha value is -2.17. The molecular formula is C17H23N5. The summed E-state index contributed by atoms with van der Waals surface area (Å²) >= 11 is 0. The number of hydrogen-bond donors (Lipinski definition) is 0. The summed E-state index contributed by atoms with van der Waals surface area (Å²) in [4.78, 5) is 9.23. The minimum Gasteiger partial charge on any atom is -0.355 e. The van der Waals surface area contributed by atoms with Crippen LogP contribution < -0.4 is 9.80 Å². The SMILES string of the molecule is CCCN(CCC)c1cnnc(N2CCc3ccccc32)n1. The second-order valence-electron chi connectivity index (χ2n) is 5.63. The normalized spacial score (nSPS) is 13.3. The maximum absolute atomic E-state index is 4.77. The number of anilines is 3. The zero-order valence-corrected chi connectivity index (χ0v) is 13.4. The molecule has 0 spiro atoms. The first-order chi connectivity index (χ1) is 10.8. The molecule has 22 heavy (non-hydrogen) atoms. The van der Waals surface area contributed by atoms with Gasteiger partial charge in [0.25, 0.3) is 5.95 Å². The molecule has 0 fully saturated rings. The molecule has 0 radical (unpaired) electrons. The average Bonchev–Trinajstić information content (AvgIpc) is 2.99. The zero-order chi connectivity index (χ0) is 15.4. The van der Waals surface area contributed by atoms with E-state index < -0.39 is 0 Å². The molecule has 0 saturated heterocycles. The summed E-state index contributed by atoms with van der Waals surface area (Å²) in [5.41, 5.74) is 2.56. The molecule has 5 heteroatoms. The van der Waals surface area contributed by atoms with Gasteiger partial charge < -0.3 is 9.80 Å². The fraction of sp³-hybridized carbons (Fsp3) is 0.471. The highest BCUT2D eigenvalue weighted by Crippen LogP contribution is 2.32. The van der Waals surface area contributed by atoms with E-state index in [9.17, 15) is 0 Å². The smallest absolute Gasteiger partial charge is 0.251 e. The van der Waals surface area contributed by atoms with E-state index in [-0.39, 0.29) is 0 Å². The van der Waals surface area contributed by atoms with E-state index in [2.05, 4.69) is 58.1 Å². The third kappa shape index (κ3) is 2.89. The van der Waals surface area contributed by atoms with Gasteiger partial charge in [-0.3, -0.25) is 0 Å². The fourth-order valence-corrected chi connectivity index (χ4v) is 2.98. The molecular weight excluding hydrogens is 274 g/mol. The van der Waals surface area contributed by atoms with Crippen LogP contribution in [-0.4, -0.2) is 34.8 Å². The Bertz CT molecular complexity index is 622. The number of aromatic nitrogens is 3. The molecule has 0 N–H and O–H groups in total. The van der Waals surface area contributed by atoms with Crippen molar-refractivity contribution in [2.75, 3.05) is 29.4 Å². The van der Waals surface area contributed by atoms with Gasteiger partial charge in [-0.2, -0.15) is 10.1 Å². The van der Waals surface area contributed by atoms with Crippen LogP contribution in [0.25, 0.3) is 0 Å². The maximum atomic E-state index is 4.77. The summed E-state index contributed by atoms with van der Waals surface area (Å²) in [6.45, 7) is 7.31. The number of para-hydroxylation sites is 1. The molecule has 0 aliphatic carbocycles. The van der Waals surface area contributed by atoms with Crippen molar-refractivity contribution in [3.63, 3.8) is 0 Å². The van der Waals surface area contributed by atoms with Gasteiger partial charge in [0, 0.05) is 25.3 Å². The van der Waals surface area contributed by atoms with Gasteiger partial charge in [0.2, 0.25) is 0 Å². The van der Waals surface area contributed by atoms with E-state index in [0.29, 0.717) is 5.95 Å². The van der Waals surface area contributed by atoms with E-state index >= 15 is 0 Å². The molecule has 116 valence electrons. The molecule has 0 unspecified atom stereocenters. The van der Waals surface area contributed by atoms with Crippen molar-refractivity contribution < 1.29 is 0 Å². The molecule has 2 aromatic rings. The van der Waals surface area contributed by atoms with Crippen molar-refractivity contribution >= 4 is 17.5 Å². The molecule has 1 aromatic heterocycles. The number of benzene rings is 1. The van der Waals surface area contributed by atoms with Crippen LogP contribution in [0.3, 0.4) is 0 Å². The lowest BCUT2D eigenvalue weighted by molar-refractivity contribution is 0.724. The molecule has 1 aliphatic rings. The van der Waals surface area contributed by atoms with E-state index in [1.165, 1.54) is 11.3 Å². The number of hydrogen-bond acceptors (Lipinski definition) is 5. The molecule has 2 heterocycles. The Morgan fingerprint density at radius 1 is 1.14 bits per heavy atom. The van der Waals surface area contributed by atoms with Crippen molar-refractivity contribution in [1.82, 2.24) is 15.2 Å². The number of rotatable bonds is 6. The van der Waals surface area contributed by atoms with E-state index in [4.69, 9.17) is 4.98 Å². The average molecular weight is 297 g/mol. The second-order valence-corrected chi connectivity index (χ2v) is 5.63. The van der Waals surface area contributed by atoms with Crippen LogP contribution >= 0.6 is 0 Å². The standard InChI is InChI=1S/C17H23N5/c1-3-10-21(11-4-2)16-13-18-20-17(19-16)22-12-9-14-7-5-6-8-15(14)22/h5-8,13H,3-4,9-12H2,1-2H3. The molecule has 3 rings (SSSR count). The summed E-state index contributed by atoms with van der Waals surface area (Å²) in [5, 5.41) is 8.45. The lowest BCUT2D eigenvalue weighted by Crippen LogP contribution is -2.27. The van der Waals surface area contributed by atoms with Gasteiger partial charge in [0.05, 0.1) is 6.20 Å². The van der Waals surface area contributed by atoms with Crippen molar-refractivity contribution in [3.05, 3.63) is 36.0 Å². The summed E-state index contributed by atoms with van der Waals surface area (Å²) in [5.74, 6) is 1.64. The van der Waals surface area contributed by atoms with Crippen LogP contribution in [0.2, 0.25) is 0 Å². The van der Waals surface area contributed by atoms with Gasteiger partial charge in [0.15, 0.2) is 5.82 Å². The van der Waals surface area contributed by atoms with Crippen LogP contribution in [-0.2, 0) is 6.42 Å². The summed E-state index contributed by atoms with van der Waals surface area (Å²) < 4.78 is 0. The highest BCUT2D eigenvalue weighted by atomic mass is 15.4. The first-order valence-electron chi connectivity index (χ1n) is 8.13. The first kappa shape index (κ1) is 14.8. The van der Waals surface area contributed by atoms with Crippen molar-refractivity contribution in [1.29, 1.82) is 0 Å². The van der Waals surface area contributed by atoms with E-state index in [0.717, 1.165) is 44.7 Å². The molecule has 0 saturated carbocycles. The highest BCUT2D eigenvalue weighted by molar-refractivity contribution is 5.65. The van der Waals surface area contributed by atoms with Gasteiger partial charge in [-0.15, -0.1) is 5.10 Å². The number of nitrogens with zero attached hydrogens (tertiary/aromatic N) is 5. The van der Waals surface area contributed by atoms with E-state index in [1.807, 2.05) is 0 Å². The summed E-state index contributed by atoms with van der Waals surface area (Å²) in [6, 6.07) is 8.46.